The second-order valence-corrected chi connectivity index (χ2v) is 9.39. The van der Waals surface area contributed by atoms with Gasteiger partial charge in [0.25, 0.3) is 3.25 Å². The molecule has 0 unspecified atom stereocenters. The highest BCUT2D eigenvalue weighted by atomic mass is 35.6. The Labute approximate surface area is 226 Å². The SMILES string of the molecule is COc1ccc(N)cc1.COc1ccc(N=C(Cl)C(F)(F)F)cc1.ClC(Cl)(Cl)Cl.O=C(O)C(F)(F)F. The zero-order valence-corrected chi connectivity index (χ0v) is 21.8. The van der Waals surface area contributed by atoms with Gasteiger partial charge in [0.2, 0.25) is 5.17 Å². The van der Waals surface area contributed by atoms with Crippen molar-refractivity contribution in [2.24, 2.45) is 4.99 Å². The predicted octanol–water partition coefficient (Wildman–Crippen LogP) is 7.99. The van der Waals surface area contributed by atoms with E-state index >= 15 is 0 Å². The first-order valence-electron chi connectivity index (χ1n) is 8.61. The summed E-state index contributed by atoms with van der Waals surface area (Å²) in [6, 6.07) is 13.0. The van der Waals surface area contributed by atoms with Gasteiger partial charge in [-0.1, -0.05) is 58.0 Å². The first-order valence-corrected chi connectivity index (χ1v) is 10.5. The highest BCUT2D eigenvalue weighted by molar-refractivity contribution is 6.83. The molecule has 0 heterocycles. The molecule has 0 aliphatic heterocycles. The number of nitrogen functional groups attached to an aromatic ring is 1. The van der Waals surface area contributed by atoms with Crippen LogP contribution in [0.2, 0.25) is 0 Å². The summed E-state index contributed by atoms with van der Waals surface area (Å²) in [5.41, 5.74) is 6.31. The van der Waals surface area contributed by atoms with E-state index in [4.69, 9.17) is 83.1 Å². The number of aliphatic imine (C=N–C) groups is 1. The molecule has 6 nitrogen and oxygen atoms in total. The average Bonchev–Trinajstić information content (AvgIpc) is 2.73. The lowest BCUT2D eigenvalue weighted by Crippen LogP contribution is -2.21. The third kappa shape index (κ3) is 21.3. The second-order valence-electron chi connectivity index (χ2n) is 5.60. The van der Waals surface area contributed by atoms with Crippen molar-refractivity contribution < 1.29 is 45.7 Å². The number of aliphatic carboxylic acids is 1. The number of ether oxygens (including phenoxy) is 2. The number of carbonyl (C=O) groups is 1. The number of hydrogen-bond donors (Lipinski definition) is 2. The Morgan fingerprint density at radius 1 is 0.806 bits per heavy atom. The van der Waals surface area contributed by atoms with Gasteiger partial charge in [-0.2, -0.15) is 26.3 Å². The molecular formula is C19H17Cl5F6N2O4. The van der Waals surface area contributed by atoms with Crippen molar-refractivity contribution in [2.75, 3.05) is 20.0 Å². The molecule has 0 amide bonds. The molecule has 2 aromatic rings. The van der Waals surface area contributed by atoms with Gasteiger partial charge in [0.05, 0.1) is 19.9 Å². The molecule has 0 aliphatic carbocycles. The number of carboxylic acids is 1. The summed E-state index contributed by atoms with van der Waals surface area (Å²) in [4.78, 5) is 12.1. The number of nitrogens with zero attached hydrogens (tertiary/aromatic N) is 1. The highest BCUT2D eigenvalue weighted by Crippen LogP contribution is 2.30. The van der Waals surface area contributed by atoms with Crippen LogP contribution in [0, 0.1) is 0 Å². The van der Waals surface area contributed by atoms with Gasteiger partial charge in [0.1, 0.15) is 11.5 Å². The molecule has 0 saturated carbocycles. The third-order valence-corrected chi connectivity index (χ3v) is 3.19. The van der Waals surface area contributed by atoms with Crippen LogP contribution in [0.15, 0.2) is 53.5 Å². The van der Waals surface area contributed by atoms with Crippen LogP contribution in [0.5, 0.6) is 11.5 Å². The van der Waals surface area contributed by atoms with Gasteiger partial charge < -0.3 is 20.3 Å². The van der Waals surface area contributed by atoms with Crippen LogP contribution >= 0.6 is 58.0 Å². The molecular weight excluding hydrogens is 611 g/mol. The fraction of sp³-hybridized carbons (Fsp3) is 0.263. The highest BCUT2D eigenvalue weighted by Gasteiger charge is 2.38. The van der Waals surface area contributed by atoms with Crippen LogP contribution < -0.4 is 15.2 Å². The van der Waals surface area contributed by atoms with Crippen LogP contribution in [0.25, 0.3) is 0 Å². The molecule has 2 rings (SSSR count). The number of benzene rings is 2. The number of methoxy groups -OCH3 is 2. The van der Waals surface area contributed by atoms with E-state index in [1.165, 1.54) is 31.4 Å². The van der Waals surface area contributed by atoms with E-state index in [-0.39, 0.29) is 5.69 Å². The van der Waals surface area contributed by atoms with Crippen molar-refractivity contribution in [2.45, 2.75) is 15.6 Å². The van der Waals surface area contributed by atoms with E-state index < -0.39 is 26.7 Å². The van der Waals surface area contributed by atoms with Crippen LogP contribution in [-0.4, -0.2) is 46.1 Å². The van der Waals surface area contributed by atoms with Gasteiger partial charge in [-0.25, -0.2) is 9.79 Å². The van der Waals surface area contributed by atoms with Crippen molar-refractivity contribution in [3.63, 3.8) is 0 Å². The van der Waals surface area contributed by atoms with Crippen molar-refractivity contribution in [3.05, 3.63) is 48.5 Å². The van der Waals surface area contributed by atoms with Gasteiger partial charge in [-0.3, -0.25) is 0 Å². The first kappa shape index (κ1) is 36.2. The van der Waals surface area contributed by atoms with E-state index in [0.29, 0.717) is 5.75 Å². The van der Waals surface area contributed by atoms with Gasteiger partial charge in [0.15, 0.2) is 0 Å². The maximum atomic E-state index is 12.0. The zero-order chi connectivity index (χ0) is 28.7. The lowest BCUT2D eigenvalue weighted by molar-refractivity contribution is -0.192. The Kier molecular flexibility index (Phi) is 16.8. The number of nitrogens with two attached hydrogens (primary N) is 1. The Balaban J connectivity index is 0. The monoisotopic (exact) mass is 626 g/mol. The molecule has 17 heteroatoms. The first-order chi connectivity index (χ1) is 16.2. The van der Waals surface area contributed by atoms with Crippen molar-refractivity contribution in [1.82, 2.24) is 0 Å². The number of hydrogen-bond acceptors (Lipinski definition) is 5. The molecule has 0 aliphatic rings. The van der Waals surface area contributed by atoms with Gasteiger partial charge in [-0.05, 0) is 48.5 Å². The summed E-state index contributed by atoms with van der Waals surface area (Å²) in [7, 11) is 3.09. The maximum Gasteiger partial charge on any atom is 0.490 e. The summed E-state index contributed by atoms with van der Waals surface area (Å²) >= 11 is 24.3. The van der Waals surface area contributed by atoms with Crippen LogP contribution in [-0.2, 0) is 4.79 Å². The fourth-order valence-electron chi connectivity index (χ4n) is 1.44. The second kappa shape index (κ2) is 16.7. The third-order valence-electron chi connectivity index (χ3n) is 2.89. The minimum atomic E-state index is -5.08. The van der Waals surface area contributed by atoms with E-state index in [0.717, 1.165) is 11.4 Å². The molecule has 36 heavy (non-hydrogen) atoms. The molecule has 0 atom stereocenters. The van der Waals surface area contributed by atoms with Gasteiger partial charge in [0, 0.05) is 5.69 Å². The quantitative estimate of drug-likeness (QED) is 0.156. The fourth-order valence-corrected chi connectivity index (χ4v) is 1.53. The normalized spacial score (nSPS) is 11.4. The molecule has 0 radical (unpaired) electrons. The molecule has 0 saturated heterocycles. The molecule has 0 aromatic heterocycles. The number of halogens is 11. The largest absolute Gasteiger partial charge is 0.497 e. The summed E-state index contributed by atoms with van der Waals surface area (Å²) < 4.78 is 75.9. The Bertz CT molecular complexity index is 930. The maximum absolute atomic E-state index is 12.0. The van der Waals surface area contributed by atoms with Crippen LogP contribution in [0.4, 0.5) is 37.7 Å². The molecule has 204 valence electrons. The lowest BCUT2D eigenvalue weighted by Gasteiger charge is -2.03. The Morgan fingerprint density at radius 2 is 1.11 bits per heavy atom. The number of rotatable bonds is 3. The smallest absolute Gasteiger partial charge is 0.490 e. The number of alkyl halides is 10. The summed E-state index contributed by atoms with van der Waals surface area (Å²) in [6.45, 7) is 0. The van der Waals surface area contributed by atoms with E-state index in [1.54, 1.807) is 19.2 Å². The van der Waals surface area contributed by atoms with Gasteiger partial charge >= 0.3 is 18.3 Å². The van der Waals surface area contributed by atoms with E-state index in [9.17, 15) is 26.3 Å². The van der Waals surface area contributed by atoms with Crippen molar-refractivity contribution >= 4 is 80.5 Å². The molecule has 0 spiro atoms. The Hall–Kier alpha value is -1.99. The zero-order valence-electron chi connectivity index (χ0n) is 18.0. The standard InChI is InChI=1S/C9H7ClF3NO.C7H9NO.C2HF3O2.CCl4/c1-15-7-4-2-6(3-5-7)14-8(10)9(11,12)13;1-9-7-4-2-6(8)3-5-7;3-2(4,5)1(6)7;2-1(3,4)5/h2-5H,1H3;2-5H,8H2,1H3;(H,6,7);. The minimum absolute atomic E-state index is 0.123. The number of carboxylic acid groups (broad SMARTS) is 1. The Morgan fingerprint density at radius 3 is 1.36 bits per heavy atom. The van der Waals surface area contributed by atoms with E-state index in [1.807, 2.05) is 12.1 Å². The summed E-state index contributed by atoms with van der Waals surface area (Å²) in [6.07, 6.45) is -9.69. The lowest BCUT2D eigenvalue weighted by atomic mass is 10.3. The summed E-state index contributed by atoms with van der Waals surface area (Å²) in [5, 5.41) is 5.73. The topological polar surface area (TPSA) is 94.1 Å². The summed E-state index contributed by atoms with van der Waals surface area (Å²) in [5.74, 6) is -1.38. The van der Waals surface area contributed by atoms with Crippen molar-refractivity contribution in [1.29, 1.82) is 0 Å². The molecule has 2 aromatic carbocycles. The van der Waals surface area contributed by atoms with Crippen LogP contribution in [0.1, 0.15) is 0 Å². The minimum Gasteiger partial charge on any atom is -0.497 e. The molecule has 0 fully saturated rings. The number of anilines is 1. The average molecular weight is 629 g/mol. The van der Waals surface area contributed by atoms with E-state index in [2.05, 4.69) is 4.99 Å². The molecule has 3 N–H and O–H groups in total. The van der Waals surface area contributed by atoms with Gasteiger partial charge in [-0.15, -0.1) is 0 Å². The predicted molar refractivity (Wildman–Crippen MR) is 129 cm³/mol. The molecule has 0 bridgehead atoms. The van der Waals surface area contributed by atoms with Crippen LogP contribution in [0.3, 0.4) is 0 Å². The van der Waals surface area contributed by atoms with Crippen molar-refractivity contribution in [3.8, 4) is 11.5 Å².